The SMILES string of the molecule is CCOC(=O)CCN(Cc1cccnc1)C(=O)C1CC(=O)N(c2cc(C)ccc2OC)C1. The lowest BCUT2D eigenvalue weighted by Gasteiger charge is -2.26. The van der Waals surface area contributed by atoms with E-state index in [9.17, 15) is 14.4 Å². The number of carbonyl (C=O) groups is 3. The third-order valence-electron chi connectivity index (χ3n) is 5.40. The number of nitrogens with zero attached hydrogens (tertiary/aromatic N) is 3. The Morgan fingerprint density at radius 1 is 1.28 bits per heavy atom. The molecule has 1 aliphatic rings. The topological polar surface area (TPSA) is 89.0 Å². The van der Waals surface area contributed by atoms with E-state index in [-0.39, 0.29) is 43.7 Å². The smallest absolute Gasteiger partial charge is 0.307 e. The molecule has 0 radical (unpaired) electrons. The lowest BCUT2D eigenvalue weighted by atomic mass is 10.1. The molecular weight excluding hydrogens is 410 g/mol. The van der Waals surface area contributed by atoms with Crippen LogP contribution in [0.1, 0.15) is 30.9 Å². The van der Waals surface area contributed by atoms with Crippen LogP contribution in [0, 0.1) is 12.8 Å². The quantitative estimate of drug-likeness (QED) is 0.558. The molecule has 8 heteroatoms. The van der Waals surface area contributed by atoms with Crippen molar-refractivity contribution in [1.29, 1.82) is 0 Å². The first-order valence-electron chi connectivity index (χ1n) is 10.7. The summed E-state index contributed by atoms with van der Waals surface area (Å²) >= 11 is 0. The number of ether oxygens (including phenoxy) is 2. The molecule has 0 aliphatic carbocycles. The summed E-state index contributed by atoms with van der Waals surface area (Å²) in [5.74, 6) is -0.567. The zero-order valence-electron chi connectivity index (χ0n) is 18.7. The van der Waals surface area contributed by atoms with E-state index in [0.29, 0.717) is 24.6 Å². The Hall–Kier alpha value is -3.42. The van der Waals surface area contributed by atoms with Gasteiger partial charge in [0.25, 0.3) is 0 Å². The maximum atomic E-state index is 13.4. The van der Waals surface area contributed by atoms with Crippen LogP contribution in [0.4, 0.5) is 5.69 Å². The highest BCUT2D eigenvalue weighted by atomic mass is 16.5. The molecule has 0 bridgehead atoms. The minimum atomic E-state index is -0.508. The summed E-state index contributed by atoms with van der Waals surface area (Å²) in [7, 11) is 1.56. The highest BCUT2D eigenvalue weighted by molar-refractivity contribution is 6.01. The fourth-order valence-electron chi connectivity index (χ4n) is 3.81. The molecule has 32 heavy (non-hydrogen) atoms. The lowest BCUT2D eigenvalue weighted by Crippen LogP contribution is -2.38. The maximum Gasteiger partial charge on any atom is 0.307 e. The van der Waals surface area contributed by atoms with Gasteiger partial charge in [-0.3, -0.25) is 19.4 Å². The number of amides is 2. The number of hydrogen-bond donors (Lipinski definition) is 0. The molecule has 0 N–H and O–H groups in total. The molecule has 1 atom stereocenters. The van der Waals surface area contributed by atoms with Crippen LogP contribution in [-0.2, 0) is 25.7 Å². The number of hydrogen-bond acceptors (Lipinski definition) is 6. The maximum absolute atomic E-state index is 13.4. The number of benzene rings is 1. The summed E-state index contributed by atoms with van der Waals surface area (Å²) < 4.78 is 10.4. The van der Waals surface area contributed by atoms with Gasteiger partial charge in [0.15, 0.2) is 0 Å². The number of aromatic nitrogens is 1. The Bertz CT molecular complexity index is 963. The van der Waals surface area contributed by atoms with Crippen molar-refractivity contribution >= 4 is 23.5 Å². The number of pyridine rings is 1. The van der Waals surface area contributed by atoms with Crippen molar-refractivity contribution in [2.24, 2.45) is 5.92 Å². The van der Waals surface area contributed by atoms with E-state index in [2.05, 4.69) is 4.98 Å². The normalized spacial score (nSPS) is 15.5. The van der Waals surface area contributed by atoms with E-state index < -0.39 is 5.92 Å². The van der Waals surface area contributed by atoms with Crippen LogP contribution >= 0.6 is 0 Å². The first-order chi connectivity index (χ1) is 15.4. The van der Waals surface area contributed by atoms with Crippen LogP contribution in [0.15, 0.2) is 42.7 Å². The second-order valence-corrected chi connectivity index (χ2v) is 7.76. The second-order valence-electron chi connectivity index (χ2n) is 7.76. The third kappa shape index (κ3) is 5.63. The van der Waals surface area contributed by atoms with Crippen LogP contribution in [0.5, 0.6) is 5.75 Å². The van der Waals surface area contributed by atoms with Crippen molar-refractivity contribution in [1.82, 2.24) is 9.88 Å². The van der Waals surface area contributed by atoms with Gasteiger partial charge < -0.3 is 19.3 Å². The molecule has 2 amide bonds. The van der Waals surface area contributed by atoms with E-state index in [1.54, 1.807) is 42.3 Å². The van der Waals surface area contributed by atoms with Gasteiger partial charge >= 0.3 is 5.97 Å². The van der Waals surface area contributed by atoms with Gasteiger partial charge in [-0.25, -0.2) is 0 Å². The third-order valence-corrected chi connectivity index (χ3v) is 5.40. The van der Waals surface area contributed by atoms with Crippen LogP contribution in [0.3, 0.4) is 0 Å². The van der Waals surface area contributed by atoms with E-state index in [1.165, 1.54) is 0 Å². The zero-order valence-corrected chi connectivity index (χ0v) is 18.7. The zero-order chi connectivity index (χ0) is 23.1. The number of anilines is 1. The molecule has 1 saturated heterocycles. The molecule has 1 aromatic carbocycles. The van der Waals surface area contributed by atoms with Gasteiger partial charge in [-0.05, 0) is 43.2 Å². The lowest BCUT2D eigenvalue weighted by molar-refractivity contribution is -0.144. The molecule has 170 valence electrons. The number of rotatable bonds is 9. The summed E-state index contributed by atoms with van der Waals surface area (Å²) in [6.45, 7) is 4.77. The monoisotopic (exact) mass is 439 g/mol. The first-order valence-corrected chi connectivity index (χ1v) is 10.7. The Balaban J connectivity index is 1.77. The van der Waals surface area contributed by atoms with Crippen molar-refractivity contribution in [3.63, 3.8) is 0 Å². The fourth-order valence-corrected chi connectivity index (χ4v) is 3.81. The molecule has 1 fully saturated rings. The van der Waals surface area contributed by atoms with Gasteiger partial charge in [0.1, 0.15) is 5.75 Å². The number of carbonyl (C=O) groups excluding carboxylic acids is 3. The average molecular weight is 440 g/mol. The van der Waals surface area contributed by atoms with Crippen molar-refractivity contribution in [3.8, 4) is 5.75 Å². The summed E-state index contributed by atoms with van der Waals surface area (Å²) in [4.78, 5) is 45.4. The van der Waals surface area contributed by atoms with Crippen LogP contribution < -0.4 is 9.64 Å². The molecule has 2 aromatic rings. The van der Waals surface area contributed by atoms with Crippen LogP contribution in [-0.4, -0.2) is 54.5 Å². The minimum Gasteiger partial charge on any atom is -0.495 e. The predicted octanol–water partition coefficient (Wildman–Crippen LogP) is 2.73. The summed E-state index contributed by atoms with van der Waals surface area (Å²) in [6.07, 6.45) is 3.56. The molecule has 0 spiro atoms. The molecule has 3 rings (SSSR count). The largest absolute Gasteiger partial charge is 0.495 e. The van der Waals surface area contributed by atoms with E-state index in [4.69, 9.17) is 9.47 Å². The molecule has 8 nitrogen and oxygen atoms in total. The summed E-state index contributed by atoms with van der Waals surface area (Å²) in [5, 5.41) is 0. The van der Waals surface area contributed by atoms with Gasteiger partial charge in [0.2, 0.25) is 11.8 Å². The summed E-state index contributed by atoms with van der Waals surface area (Å²) in [5.41, 5.74) is 2.51. The van der Waals surface area contributed by atoms with Gasteiger partial charge in [-0.1, -0.05) is 12.1 Å². The Labute approximate surface area is 188 Å². The fraction of sp³-hybridized carbons (Fsp3) is 0.417. The van der Waals surface area contributed by atoms with E-state index >= 15 is 0 Å². The Kier molecular flexibility index (Phi) is 7.81. The Morgan fingerprint density at radius 3 is 2.78 bits per heavy atom. The minimum absolute atomic E-state index is 0.0932. The van der Waals surface area contributed by atoms with E-state index in [1.807, 2.05) is 31.2 Å². The number of methoxy groups -OCH3 is 1. The van der Waals surface area contributed by atoms with Crippen LogP contribution in [0.25, 0.3) is 0 Å². The highest BCUT2D eigenvalue weighted by Crippen LogP contribution is 2.34. The van der Waals surface area contributed by atoms with Crippen molar-refractivity contribution in [3.05, 3.63) is 53.9 Å². The molecule has 1 aliphatic heterocycles. The second kappa shape index (κ2) is 10.7. The first kappa shape index (κ1) is 23.2. The highest BCUT2D eigenvalue weighted by Gasteiger charge is 2.38. The molecular formula is C24H29N3O5. The standard InChI is InChI=1S/C24H29N3O5/c1-4-32-23(29)9-11-26(15-18-6-5-10-25-14-18)24(30)19-13-22(28)27(16-19)20-12-17(2)7-8-21(20)31-3/h5-8,10,12,14,19H,4,9,11,13,15-16H2,1-3H3. The molecule has 1 aromatic heterocycles. The van der Waals surface area contributed by atoms with Crippen molar-refractivity contribution < 1.29 is 23.9 Å². The van der Waals surface area contributed by atoms with E-state index in [0.717, 1.165) is 11.1 Å². The van der Waals surface area contributed by atoms with Gasteiger partial charge in [0.05, 0.1) is 31.7 Å². The van der Waals surface area contributed by atoms with Crippen molar-refractivity contribution in [2.45, 2.75) is 33.2 Å². The van der Waals surface area contributed by atoms with Gasteiger partial charge in [-0.2, -0.15) is 0 Å². The Morgan fingerprint density at radius 2 is 2.09 bits per heavy atom. The average Bonchev–Trinajstić information content (AvgIpc) is 3.18. The summed E-state index contributed by atoms with van der Waals surface area (Å²) in [6, 6.07) is 9.30. The number of aryl methyl sites for hydroxylation is 1. The van der Waals surface area contributed by atoms with Crippen LogP contribution in [0.2, 0.25) is 0 Å². The van der Waals surface area contributed by atoms with Gasteiger partial charge in [0, 0.05) is 38.4 Å². The molecule has 1 unspecified atom stereocenters. The van der Waals surface area contributed by atoms with Crippen molar-refractivity contribution in [2.75, 3.05) is 31.7 Å². The predicted molar refractivity (Wildman–Crippen MR) is 119 cm³/mol. The number of esters is 1. The van der Waals surface area contributed by atoms with Gasteiger partial charge in [-0.15, -0.1) is 0 Å². The molecule has 0 saturated carbocycles. The molecule has 2 heterocycles.